The maximum Gasteiger partial charge on any atom is 0.279 e. The number of rotatable bonds is 4. The molecule has 1 aliphatic rings. The molecule has 1 N–H and O–H groups in total. The summed E-state index contributed by atoms with van der Waals surface area (Å²) in [5.74, 6) is 0.0731. The van der Waals surface area contributed by atoms with E-state index in [1.54, 1.807) is 18.2 Å². The van der Waals surface area contributed by atoms with E-state index in [-0.39, 0.29) is 12.1 Å². The number of ether oxygens (including phenoxy) is 1. The average molecular weight is 405 g/mol. The number of methoxy groups -OCH3 is 1. The molecule has 140 valence electrons. The van der Waals surface area contributed by atoms with Gasteiger partial charge < -0.3 is 10.1 Å². The van der Waals surface area contributed by atoms with Crippen LogP contribution in [0.4, 0.5) is 5.69 Å². The van der Waals surface area contributed by atoms with Gasteiger partial charge in [0.05, 0.1) is 18.2 Å². The third kappa shape index (κ3) is 3.42. The highest BCUT2D eigenvalue weighted by Gasteiger charge is 2.21. The number of nitrogens with one attached hydrogen (secondary N) is 1. The van der Waals surface area contributed by atoms with E-state index >= 15 is 0 Å². The van der Waals surface area contributed by atoms with E-state index < -0.39 is 5.91 Å². The van der Waals surface area contributed by atoms with Gasteiger partial charge in [0.15, 0.2) is 4.83 Å². The summed E-state index contributed by atoms with van der Waals surface area (Å²) in [7, 11) is 1.50. The molecule has 0 saturated carbocycles. The number of anilines is 1. The maximum atomic E-state index is 12.9. The Morgan fingerprint density at radius 1 is 1.37 bits per heavy atom. The van der Waals surface area contributed by atoms with Gasteiger partial charge in [-0.05, 0) is 49.4 Å². The van der Waals surface area contributed by atoms with Gasteiger partial charge in [-0.3, -0.25) is 9.59 Å². The van der Waals surface area contributed by atoms with Crippen molar-refractivity contribution >= 4 is 44.7 Å². The lowest BCUT2D eigenvalue weighted by Gasteiger charge is -2.11. The largest absolute Gasteiger partial charge is 0.495 e. The minimum atomic E-state index is -0.407. The van der Waals surface area contributed by atoms with Crippen LogP contribution in [-0.2, 0) is 24.2 Å². The SMILES string of the molecule is COc1ccc(Cl)cc1NC(=O)Cn1nnc2sc3c(c2c1=O)CCCC3. The molecule has 3 aromatic rings. The highest BCUT2D eigenvalue weighted by Crippen LogP contribution is 2.33. The highest BCUT2D eigenvalue weighted by molar-refractivity contribution is 7.18. The van der Waals surface area contributed by atoms with Crippen LogP contribution in [0.5, 0.6) is 5.75 Å². The number of benzene rings is 1. The van der Waals surface area contributed by atoms with Crippen LogP contribution in [0.1, 0.15) is 23.3 Å². The monoisotopic (exact) mass is 404 g/mol. The zero-order valence-electron chi connectivity index (χ0n) is 14.6. The van der Waals surface area contributed by atoms with Gasteiger partial charge in [-0.1, -0.05) is 16.8 Å². The molecule has 0 aliphatic heterocycles. The van der Waals surface area contributed by atoms with E-state index in [9.17, 15) is 9.59 Å². The van der Waals surface area contributed by atoms with E-state index in [0.29, 0.717) is 26.7 Å². The Morgan fingerprint density at radius 2 is 2.19 bits per heavy atom. The molecule has 1 amide bonds. The van der Waals surface area contributed by atoms with Crippen molar-refractivity contribution in [1.82, 2.24) is 15.0 Å². The summed E-state index contributed by atoms with van der Waals surface area (Å²) in [5.41, 5.74) is 1.24. The number of carbonyl (C=O) groups is 1. The number of thiophene rings is 1. The molecule has 7 nitrogen and oxygen atoms in total. The Kier molecular flexibility index (Phi) is 4.84. The van der Waals surface area contributed by atoms with Crippen molar-refractivity contribution in [3.63, 3.8) is 0 Å². The lowest BCUT2D eigenvalue weighted by Crippen LogP contribution is -2.30. The molecule has 2 heterocycles. The second kappa shape index (κ2) is 7.28. The van der Waals surface area contributed by atoms with Gasteiger partial charge in [-0.25, -0.2) is 4.68 Å². The molecular formula is C18H17ClN4O3S. The van der Waals surface area contributed by atoms with Crippen LogP contribution in [0.3, 0.4) is 0 Å². The summed E-state index contributed by atoms with van der Waals surface area (Å²) in [6.45, 7) is -0.234. The fourth-order valence-corrected chi connectivity index (χ4v) is 4.68. The number of fused-ring (bicyclic) bond motifs is 3. The van der Waals surface area contributed by atoms with Crippen molar-refractivity contribution in [2.75, 3.05) is 12.4 Å². The van der Waals surface area contributed by atoms with Crippen LogP contribution in [0.2, 0.25) is 5.02 Å². The normalized spacial score (nSPS) is 13.4. The fourth-order valence-electron chi connectivity index (χ4n) is 3.31. The van der Waals surface area contributed by atoms with Gasteiger partial charge in [0.25, 0.3) is 5.56 Å². The number of aromatic nitrogens is 3. The van der Waals surface area contributed by atoms with E-state index in [1.165, 1.54) is 23.3 Å². The number of halogens is 1. The number of amides is 1. The first-order valence-electron chi connectivity index (χ1n) is 8.58. The Balaban J connectivity index is 1.62. The molecule has 0 spiro atoms. The first kappa shape index (κ1) is 17.9. The molecule has 27 heavy (non-hydrogen) atoms. The maximum absolute atomic E-state index is 12.9. The Labute approximate surface area is 163 Å². The van der Waals surface area contributed by atoms with E-state index in [1.807, 2.05) is 0 Å². The first-order valence-corrected chi connectivity index (χ1v) is 9.77. The van der Waals surface area contributed by atoms with E-state index in [2.05, 4.69) is 15.6 Å². The molecule has 2 aromatic heterocycles. The van der Waals surface area contributed by atoms with Gasteiger partial charge in [0.2, 0.25) is 5.91 Å². The van der Waals surface area contributed by atoms with Crippen molar-refractivity contribution in [3.8, 4) is 5.75 Å². The summed E-state index contributed by atoms with van der Waals surface area (Å²) in [4.78, 5) is 27.2. The minimum absolute atomic E-state index is 0.234. The van der Waals surface area contributed by atoms with Crippen molar-refractivity contribution in [2.24, 2.45) is 0 Å². The van der Waals surface area contributed by atoms with Crippen LogP contribution >= 0.6 is 22.9 Å². The number of aryl methyl sites for hydroxylation is 2. The number of hydrogen-bond donors (Lipinski definition) is 1. The van der Waals surface area contributed by atoms with Crippen LogP contribution in [0.15, 0.2) is 23.0 Å². The minimum Gasteiger partial charge on any atom is -0.495 e. The van der Waals surface area contributed by atoms with Crippen LogP contribution in [0, 0.1) is 0 Å². The summed E-state index contributed by atoms with van der Waals surface area (Å²) < 4.78 is 6.32. The van der Waals surface area contributed by atoms with E-state index in [0.717, 1.165) is 35.9 Å². The lowest BCUT2D eigenvalue weighted by atomic mass is 9.97. The third-order valence-corrected chi connectivity index (χ3v) is 5.98. The molecule has 1 aromatic carbocycles. The van der Waals surface area contributed by atoms with Crippen molar-refractivity contribution in [1.29, 1.82) is 0 Å². The summed E-state index contributed by atoms with van der Waals surface area (Å²) in [6, 6.07) is 4.92. The Morgan fingerprint density at radius 3 is 3.00 bits per heavy atom. The third-order valence-electron chi connectivity index (χ3n) is 4.57. The molecule has 1 aliphatic carbocycles. The number of hydrogen-bond acceptors (Lipinski definition) is 6. The van der Waals surface area contributed by atoms with Crippen molar-refractivity contribution < 1.29 is 9.53 Å². The average Bonchev–Trinajstić information content (AvgIpc) is 3.03. The van der Waals surface area contributed by atoms with Gasteiger partial charge in [-0.15, -0.1) is 16.4 Å². The van der Waals surface area contributed by atoms with Crippen molar-refractivity contribution in [3.05, 3.63) is 44.0 Å². The van der Waals surface area contributed by atoms with Crippen molar-refractivity contribution in [2.45, 2.75) is 32.2 Å². The summed E-state index contributed by atoms with van der Waals surface area (Å²) >= 11 is 7.51. The Hall–Kier alpha value is -2.45. The molecular weight excluding hydrogens is 388 g/mol. The van der Waals surface area contributed by atoms with Crippen LogP contribution in [-0.4, -0.2) is 28.0 Å². The summed E-state index contributed by atoms with van der Waals surface area (Å²) in [6.07, 6.45) is 4.05. The standard InChI is InChI=1S/C18H17ClN4O3S/c1-26-13-7-6-10(19)8-12(13)20-15(24)9-23-18(25)16-11-4-2-3-5-14(11)27-17(16)21-22-23/h6-8H,2-5,9H2,1H3,(H,20,24). The number of carbonyl (C=O) groups excluding carboxylic acids is 1. The summed E-state index contributed by atoms with van der Waals surface area (Å²) in [5, 5.41) is 11.9. The molecule has 0 atom stereocenters. The van der Waals surface area contributed by atoms with E-state index in [4.69, 9.17) is 16.3 Å². The molecule has 4 rings (SSSR count). The molecule has 0 radical (unpaired) electrons. The molecule has 9 heteroatoms. The number of nitrogens with zero attached hydrogens (tertiary/aromatic N) is 3. The zero-order valence-corrected chi connectivity index (χ0v) is 16.2. The van der Waals surface area contributed by atoms with Gasteiger partial charge in [0.1, 0.15) is 12.3 Å². The molecule has 0 saturated heterocycles. The van der Waals surface area contributed by atoms with Gasteiger partial charge >= 0.3 is 0 Å². The molecule has 0 fully saturated rings. The lowest BCUT2D eigenvalue weighted by molar-refractivity contribution is -0.117. The first-order chi connectivity index (χ1) is 13.1. The molecule has 0 bridgehead atoms. The predicted octanol–water partition coefficient (Wildman–Crippen LogP) is 3.03. The second-order valence-electron chi connectivity index (χ2n) is 6.34. The Bertz CT molecular complexity index is 1090. The van der Waals surface area contributed by atoms with Gasteiger partial charge in [-0.2, -0.15) is 0 Å². The quantitative estimate of drug-likeness (QED) is 0.722. The topological polar surface area (TPSA) is 86.1 Å². The van der Waals surface area contributed by atoms with Crippen LogP contribution in [0.25, 0.3) is 10.2 Å². The highest BCUT2D eigenvalue weighted by atomic mass is 35.5. The predicted molar refractivity (Wildman–Crippen MR) is 105 cm³/mol. The second-order valence-corrected chi connectivity index (χ2v) is 7.86. The molecule has 0 unspecified atom stereocenters. The smallest absolute Gasteiger partial charge is 0.279 e. The van der Waals surface area contributed by atoms with Crippen LogP contribution < -0.4 is 15.6 Å². The zero-order chi connectivity index (χ0) is 19.0. The fraction of sp³-hybridized carbons (Fsp3) is 0.333. The van der Waals surface area contributed by atoms with Gasteiger partial charge in [0, 0.05) is 9.90 Å².